The Morgan fingerprint density at radius 3 is 1.54 bits per heavy atom. The summed E-state index contributed by atoms with van der Waals surface area (Å²) in [5.74, 6) is 0.693. The van der Waals surface area contributed by atoms with Crippen LogP contribution < -0.4 is 0 Å². The van der Waals surface area contributed by atoms with Crippen molar-refractivity contribution in [1.82, 2.24) is 9.97 Å². The molecule has 0 radical (unpaired) electrons. The second kappa shape index (κ2) is 16.3. The van der Waals surface area contributed by atoms with E-state index in [0.717, 1.165) is 33.5 Å². The molecule has 0 N–H and O–H groups in total. The number of benzene rings is 11. The number of aromatic nitrogens is 2. The van der Waals surface area contributed by atoms with Gasteiger partial charge in [0.2, 0.25) is 0 Å². The minimum absolute atomic E-state index is 0.166. The van der Waals surface area contributed by atoms with Gasteiger partial charge in [-0.25, -0.2) is 9.97 Å². The molecule has 0 atom stereocenters. The molecule has 1 aromatic heterocycles. The molecule has 2 aliphatic rings. The number of hydrogen-bond donors (Lipinski definition) is 0. The van der Waals surface area contributed by atoms with Gasteiger partial charge in [-0.15, -0.1) is 0 Å². The second-order valence-corrected chi connectivity index (χ2v) is 20.0. The molecule has 2 nitrogen and oxygen atoms in total. The number of nitrogens with zero attached hydrogens (tertiary/aromatic N) is 2. The van der Waals surface area contributed by atoms with Crippen molar-refractivity contribution in [3.8, 4) is 78.4 Å². The van der Waals surface area contributed by atoms with Crippen LogP contribution in [0.15, 0.2) is 255 Å². The smallest absolute Gasteiger partial charge is 0.160 e. The van der Waals surface area contributed by atoms with Crippen molar-refractivity contribution < 1.29 is 0 Å². The van der Waals surface area contributed by atoms with Gasteiger partial charge in [0.25, 0.3) is 0 Å². The number of hydrogen-bond acceptors (Lipinski definition) is 2. The van der Waals surface area contributed by atoms with Gasteiger partial charge in [-0.05, 0) is 124 Å². The highest BCUT2D eigenvalue weighted by molar-refractivity contribution is 6.06. The fourth-order valence-corrected chi connectivity index (χ4v) is 12.6. The summed E-state index contributed by atoms with van der Waals surface area (Å²) in [5.41, 5.74) is 21.9. The van der Waals surface area contributed by atoms with Crippen molar-refractivity contribution >= 4 is 21.5 Å². The Morgan fingerprint density at radius 1 is 0.306 bits per heavy atom. The van der Waals surface area contributed by atoms with Crippen molar-refractivity contribution in [3.05, 3.63) is 288 Å². The van der Waals surface area contributed by atoms with Crippen LogP contribution in [0, 0.1) is 0 Å². The van der Waals surface area contributed by atoms with Gasteiger partial charge >= 0.3 is 0 Å². The van der Waals surface area contributed by atoms with E-state index in [1.165, 1.54) is 94.0 Å². The van der Waals surface area contributed by atoms with Crippen LogP contribution in [0.5, 0.6) is 0 Å². The average Bonchev–Trinajstić information content (AvgIpc) is 3.88. The molecule has 72 heavy (non-hydrogen) atoms. The lowest BCUT2D eigenvalue weighted by Crippen LogP contribution is -2.28. The maximum absolute atomic E-state index is 5.48. The molecule has 11 aromatic carbocycles. The first-order valence-electron chi connectivity index (χ1n) is 25.1. The van der Waals surface area contributed by atoms with Crippen molar-refractivity contribution in [2.75, 3.05) is 0 Å². The highest BCUT2D eigenvalue weighted by Gasteiger charge is 2.47. The molecular formula is C70H48N2. The Labute approximate surface area is 420 Å². The summed E-state index contributed by atoms with van der Waals surface area (Å²) in [7, 11) is 0. The maximum Gasteiger partial charge on any atom is 0.160 e. The lowest BCUT2D eigenvalue weighted by molar-refractivity contribution is 0.663. The van der Waals surface area contributed by atoms with Crippen molar-refractivity contribution in [2.45, 2.75) is 24.7 Å². The molecule has 0 saturated carbocycles. The molecule has 14 rings (SSSR count). The highest BCUT2D eigenvalue weighted by Crippen LogP contribution is 2.59. The van der Waals surface area contributed by atoms with E-state index < -0.39 is 5.41 Å². The molecule has 0 saturated heterocycles. The molecule has 0 unspecified atom stereocenters. The monoisotopic (exact) mass is 916 g/mol. The Kier molecular flexibility index (Phi) is 9.50. The first kappa shape index (κ1) is 41.9. The van der Waals surface area contributed by atoms with Gasteiger partial charge in [0.05, 0.1) is 16.8 Å². The number of rotatable bonds is 7. The van der Waals surface area contributed by atoms with E-state index in [0.29, 0.717) is 5.82 Å². The Morgan fingerprint density at radius 2 is 0.806 bits per heavy atom. The van der Waals surface area contributed by atoms with Crippen LogP contribution in [0.2, 0.25) is 0 Å². The molecule has 0 spiro atoms. The third-order valence-corrected chi connectivity index (χ3v) is 15.7. The summed E-state index contributed by atoms with van der Waals surface area (Å²) in [5, 5.41) is 4.88. The Bertz CT molecular complexity index is 4070. The SMILES string of the molecule is CC1(C)c2cc3ccccc3cc2-c2cccc(-c3cccc(-c4ccc(-c5cc(-c6cccc7c6-c6ccccc6C7(c6ccccc6)c6ccccc6)nc(-c6ccccc6)n5)c5ccccc45)c3)c21. The molecule has 0 fully saturated rings. The molecule has 0 bridgehead atoms. The number of fused-ring (bicyclic) bond motifs is 8. The van der Waals surface area contributed by atoms with Gasteiger partial charge in [0.1, 0.15) is 0 Å². The minimum atomic E-state index is -0.525. The summed E-state index contributed by atoms with van der Waals surface area (Å²) in [6.07, 6.45) is 0. The lowest BCUT2D eigenvalue weighted by atomic mass is 9.67. The molecule has 338 valence electrons. The third kappa shape index (κ3) is 6.28. The average molecular weight is 917 g/mol. The summed E-state index contributed by atoms with van der Waals surface area (Å²) in [6, 6.07) is 93.3. The summed E-state index contributed by atoms with van der Waals surface area (Å²) in [6.45, 7) is 4.78. The van der Waals surface area contributed by atoms with Gasteiger partial charge in [0, 0.05) is 22.1 Å². The van der Waals surface area contributed by atoms with E-state index in [1.807, 2.05) is 0 Å². The first-order chi connectivity index (χ1) is 35.5. The maximum atomic E-state index is 5.48. The van der Waals surface area contributed by atoms with E-state index in [9.17, 15) is 0 Å². The quantitative estimate of drug-likeness (QED) is 0.159. The van der Waals surface area contributed by atoms with E-state index >= 15 is 0 Å². The van der Waals surface area contributed by atoms with Crippen molar-refractivity contribution in [3.63, 3.8) is 0 Å². The zero-order chi connectivity index (χ0) is 48.0. The molecule has 2 heteroatoms. The van der Waals surface area contributed by atoms with Crippen molar-refractivity contribution in [2.24, 2.45) is 0 Å². The predicted molar refractivity (Wildman–Crippen MR) is 299 cm³/mol. The normalized spacial score (nSPS) is 13.6. The van der Waals surface area contributed by atoms with Gasteiger partial charge in [0.15, 0.2) is 5.82 Å². The summed E-state index contributed by atoms with van der Waals surface area (Å²) < 4.78 is 0. The lowest BCUT2D eigenvalue weighted by Gasteiger charge is -2.33. The van der Waals surface area contributed by atoms with E-state index in [1.54, 1.807) is 0 Å². The zero-order valence-corrected chi connectivity index (χ0v) is 40.1. The van der Waals surface area contributed by atoms with Crippen LogP contribution in [-0.2, 0) is 10.8 Å². The fraction of sp³-hybridized carbons (Fsp3) is 0.0571. The van der Waals surface area contributed by atoms with Gasteiger partial charge in [-0.2, -0.15) is 0 Å². The van der Waals surface area contributed by atoms with E-state index in [2.05, 4.69) is 269 Å². The molecule has 1 heterocycles. The second-order valence-electron chi connectivity index (χ2n) is 20.0. The third-order valence-electron chi connectivity index (χ3n) is 15.7. The molecular weight excluding hydrogens is 869 g/mol. The molecule has 2 aliphatic carbocycles. The largest absolute Gasteiger partial charge is 0.228 e. The van der Waals surface area contributed by atoms with Crippen LogP contribution in [0.25, 0.3) is 100.0 Å². The van der Waals surface area contributed by atoms with Crippen LogP contribution in [0.1, 0.15) is 47.2 Å². The highest BCUT2D eigenvalue weighted by atomic mass is 14.9. The molecule has 12 aromatic rings. The molecule has 0 aliphatic heterocycles. The zero-order valence-electron chi connectivity index (χ0n) is 40.1. The minimum Gasteiger partial charge on any atom is -0.228 e. The van der Waals surface area contributed by atoms with Crippen LogP contribution >= 0.6 is 0 Å². The van der Waals surface area contributed by atoms with Crippen LogP contribution in [0.3, 0.4) is 0 Å². The Balaban J connectivity index is 0.929. The van der Waals surface area contributed by atoms with E-state index in [4.69, 9.17) is 9.97 Å². The van der Waals surface area contributed by atoms with Gasteiger partial charge in [-0.1, -0.05) is 244 Å². The van der Waals surface area contributed by atoms with Crippen LogP contribution in [0.4, 0.5) is 0 Å². The Hall–Kier alpha value is -8.98. The summed E-state index contributed by atoms with van der Waals surface area (Å²) in [4.78, 5) is 10.9. The molecule has 0 amide bonds. The first-order valence-corrected chi connectivity index (χ1v) is 25.1. The van der Waals surface area contributed by atoms with Gasteiger partial charge < -0.3 is 0 Å². The van der Waals surface area contributed by atoms with Crippen molar-refractivity contribution in [1.29, 1.82) is 0 Å². The predicted octanol–water partition coefficient (Wildman–Crippen LogP) is 17.8. The summed E-state index contributed by atoms with van der Waals surface area (Å²) >= 11 is 0. The van der Waals surface area contributed by atoms with Crippen LogP contribution in [-0.4, -0.2) is 9.97 Å². The standard InChI is InChI=1S/C70H48N2/c1-69(2)63-43-47-24-13-12-23-46(47)42-60(63)57-35-19-34-53(67(57)69)49-26-18-25-48(41-49)52-39-40-56(55-32-15-14-31-54(52)55)64-44-65(72-68(71-64)45-21-6-3-7-22-45)59-36-20-38-62-66(59)58-33-16-17-37-61(58)70(62,50-27-8-4-9-28-50)51-29-10-5-11-30-51/h3-44H,1-2H3. The van der Waals surface area contributed by atoms with E-state index in [-0.39, 0.29) is 5.41 Å². The van der Waals surface area contributed by atoms with Gasteiger partial charge in [-0.3, -0.25) is 0 Å². The fourth-order valence-electron chi connectivity index (χ4n) is 12.6. The topological polar surface area (TPSA) is 25.8 Å².